The highest BCUT2D eigenvalue weighted by Gasteiger charge is 2.50. The first kappa shape index (κ1) is 22.0. The van der Waals surface area contributed by atoms with Crippen LogP contribution in [0.4, 0.5) is 4.79 Å². The molecule has 2 amide bonds. The van der Waals surface area contributed by atoms with Crippen LogP contribution in [-0.4, -0.2) is 55.8 Å². The lowest BCUT2D eigenvalue weighted by atomic mass is 9.84. The van der Waals surface area contributed by atoms with Crippen molar-refractivity contribution in [2.45, 2.75) is 50.5 Å². The van der Waals surface area contributed by atoms with Crippen molar-refractivity contribution in [3.8, 4) is 11.8 Å². The number of methoxy groups -OCH3 is 2. The number of hydrogen-bond donors (Lipinski definition) is 3. The number of nitriles is 1. The minimum absolute atomic E-state index is 0.0572. The third-order valence-electron chi connectivity index (χ3n) is 5.04. The number of aliphatic hydroxyl groups is 1. The molecule has 0 bridgehead atoms. The molecule has 3 N–H and O–H groups in total. The van der Waals surface area contributed by atoms with E-state index in [9.17, 15) is 15.2 Å². The SMILES string of the molecule is CCC(C)(C)NC(=O)N[C@@H]1c2cc(C#N)ccc2OC(COC)(COC)[C@H]1O. The summed E-state index contributed by atoms with van der Waals surface area (Å²) in [5.41, 5.74) is -0.684. The number of rotatable bonds is 7. The molecule has 8 heteroatoms. The van der Waals surface area contributed by atoms with Crippen LogP contribution in [0.3, 0.4) is 0 Å². The van der Waals surface area contributed by atoms with E-state index < -0.39 is 29.3 Å². The Balaban J connectivity index is 2.45. The Kier molecular flexibility index (Phi) is 6.88. The van der Waals surface area contributed by atoms with Gasteiger partial charge in [-0.05, 0) is 38.5 Å². The minimum Gasteiger partial charge on any atom is -0.479 e. The topological polar surface area (TPSA) is 113 Å². The Morgan fingerprint density at radius 2 is 2.00 bits per heavy atom. The van der Waals surface area contributed by atoms with Crippen LogP contribution >= 0.6 is 0 Å². The van der Waals surface area contributed by atoms with E-state index in [1.54, 1.807) is 18.2 Å². The van der Waals surface area contributed by atoms with Crippen molar-refractivity contribution in [1.29, 1.82) is 5.26 Å². The van der Waals surface area contributed by atoms with Gasteiger partial charge in [-0.1, -0.05) is 6.92 Å². The molecule has 8 nitrogen and oxygen atoms in total. The van der Waals surface area contributed by atoms with Crippen LogP contribution in [0.5, 0.6) is 5.75 Å². The maximum Gasteiger partial charge on any atom is 0.315 e. The molecule has 0 spiro atoms. The molecule has 1 aromatic rings. The normalized spacial score (nSPS) is 20.5. The third-order valence-corrected chi connectivity index (χ3v) is 5.04. The largest absolute Gasteiger partial charge is 0.479 e. The summed E-state index contributed by atoms with van der Waals surface area (Å²) in [6.45, 7) is 5.91. The number of hydrogen-bond acceptors (Lipinski definition) is 6. The van der Waals surface area contributed by atoms with Crippen LogP contribution in [0.2, 0.25) is 0 Å². The zero-order valence-electron chi connectivity index (χ0n) is 17.0. The molecular formula is C20H29N3O5. The highest BCUT2D eigenvalue weighted by Crippen LogP contribution is 2.41. The van der Waals surface area contributed by atoms with E-state index in [0.29, 0.717) is 16.9 Å². The fourth-order valence-corrected chi connectivity index (χ4v) is 3.20. The van der Waals surface area contributed by atoms with Crippen LogP contribution in [0.15, 0.2) is 18.2 Å². The van der Waals surface area contributed by atoms with Gasteiger partial charge in [-0.15, -0.1) is 0 Å². The molecule has 28 heavy (non-hydrogen) atoms. The maximum atomic E-state index is 12.6. The monoisotopic (exact) mass is 391 g/mol. The number of carbonyl (C=O) groups is 1. The first-order chi connectivity index (χ1) is 13.2. The predicted molar refractivity (Wildman–Crippen MR) is 103 cm³/mol. The number of fused-ring (bicyclic) bond motifs is 1. The molecule has 1 aliphatic rings. The van der Waals surface area contributed by atoms with Crippen LogP contribution in [0.1, 0.15) is 44.4 Å². The summed E-state index contributed by atoms with van der Waals surface area (Å²) in [6.07, 6.45) is -0.423. The fraction of sp³-hybridized carbons (Fsp3) is 0.600. The Hall–Kier alpha value is -2.34. The molecule has 1 aromatic carbocycles. The number of ether oxygens (including phenoxy) is 3. The predicted octanol–water partition coefficient (Wildman–Crippen LogP) is 1.87. The van der Waals surface area contributed by atoms with Crippen molar-refractivity contribution in [3.05, 3.63) is 29.3 Å². The van der Waals surface area contributed by atoms with Gasteiger partial charge in [0.25, 0.3) is 0 Å². The van der Waals surface area contributed by atoms with Crippen molar-refractivity contribution in [3.63, 3.8) is 0 Å². The van der Waals surface area contributed by atoms with Gasteiger partial charge in [0.15, 0.2) is 5.60 Å². The zero-order valence-corrected chi connectivity index (χ0v) is 17.0. The lowest BCUT2D eigenvalue weighted by Crippen LogP contribution is -2.63. The van der Waals surface area contributed by atoms with E-state index in [4.69, 9.17) is 14.2 Å². The Morgan fingerprint density at radius 3 is 2.54 bits per heavy atom. The summed E-state index contributed by atoms with van der Waals surface area (Å²) < 4.78 is 16.6. The van der Waals surface area contributed by atoms with Crippen molar-refractivity contribution >= 4 is 6.03 Å². The smallest absolute Gasteiger partial charge is 0.315 e. The van der Waals surface area contributed by atoms with E-state index >= 15 is 0 Å². The number of nitrogens with zero attached hydrogens (tertiary/aromatic N) is 1. The summed E-state index contributed by atoms with van der Waals surface area (Å²) in [5, 5.41) is 26.1. The molecule has 1 aliphatic heterocycles. The van der Waals surface area contributed by atoms with Crippen molar-refractivity contribution in [2.75, 3.05) is 27.4 Å². The molecule has 2 atom stereocenters. The number of aliphatic hydroxyl groups excluding tert-OH is 1. The summed E-state index contributed by atoms with van der Waals surface area (Å²) in [6, 6.07) is 5.73. The van der Waals surface area contributed by atoms with E-state index in [0.717, 1.165) is 6.42 Å². The van der Waals surface area contributed by atoms with E-state index in [-0.39, 0.29) is 13.2 Å². The summed E-state index contributed by atoms with van der Waals surface area (Å²) >= 11 is 0. The van der Waals surface area contributed by atoms with Crippen LogP contribution in [0.25, 0.3) is 0 Å². The Labute approximate surface area is 165 Å². The van der Waals surface area contributed by atoms with Crippen LogP contribution in [0, 0.1) is 11.3 Å². The van der Waals surface area contributed by atoms with E-state index in [1.165, 1.54) is 14.2 Å². The molecule has 154 valence electrons. The molecule has 1 heterocycles. The molecule has 0 aliphatic carbocycles. The molecule has 0 saturated carbocycles. The van der Waals surface area contributed by atoms with Gasteiger partial charge in [0.2, 0.25) is 0 Å². The fourth-order valence-electron chi connectivity index (χ4n) is 3.20. The van der Waals surface area contributed by atoms with Gasteiger partial charge < -0.3 is 30.0 Å². The number of amides is 2. The number of urea groups is 1. The number of carbonyl (C=O) groups excluding carboxylic acids is 1. The average Bonchev–Trinajstić information content (AvgIpc) is 2.65. The lowest BCUT2D eigenvalue weighted by molar-refractivity contribution is -0.147. The number of benzene rings is 1. The second-order valence-corrected chi connectivity index (χ2v) is 7.66. The van der Waals surface area contributed by atoms with Gasteiger partial charge in [0.1, 0.15) is 11.9 Å². The zero-order chi connectivity index (χ0) is 20.9. The van der Waals surface area contributed by atoms with Gasteiger partial charge in [-0.25, -0.2) is 4.79 Å². The molecule has 0 aromatic heterocycles. The van der Waals surface area contributed by atoms with E-state index in [1.807, 2.05) is 20.8 Å². The van der Waals surface area contributed by atoms with Crippen LogP contribution < -0.4 is 15.4 Å². The van der Waals surface area contributed by atoms with Gasteiger partial charge in [-0.2, -0.15) is 5.26 Å². The molecule has 0 unspecified atom stereocenters. The van der Waals surface area contributed by atoms with Gasteiger partial charge in [-0.3, -0.25) is 0 Å². The van der Waals surface area contributed by atoms with Gasteiger partial charge in [0, 0.05) is 25.3 Å². The van der Waals surface area contributed by atoms with Crippen molar-refractivity contribution in [2.24, 2.45) is 0 Å². The first-order valence-corrected chi connectivity index (χ1v) is 9.19. The molecule has 2 rings (SSSR count). The van der Waals surface area contributed by atoms with Crippen molar-refractivity contribution in [1.82, 2.24) is 10.6 Å². The van der Waals surface area contributed by atoms with Crippen LogP contribution in [-0.2, 0) is 9.47 Å². The lowest BCUT2D eigenvalue weighted by Gasteiger charge is -2.45. The minimum atomic E-state index is -1.21. The standard InChI is InChI=1S/C20H29N3O5/c1-6-19(2,3)23-18(25)22-16-14-9-13(10-21)7-8-15(14)28-20(11-26-4,12-27-5)17(16)24/h7-9,16-17,24H,6,11-12H2,1-5H3,(H2,22,23,25)/t16-,17+/m1/s1. The highest BCUT2D eigenvalue weighted by atomic mass is 16.6. The first-order valence-electron chi connectivity index (χ1n) is 9.19. The second-order valence-electron chi connectivity index (χ2n) is 7.66. The highest BCUT2D eigenvalue weighted by molar-refractivity contribution is 5.75. The average molecular weight is 391 g/mol. The summed E-state index contributed by atoms with van der Waals surface area (Å²) in [7, 11) is 3.00. The Bertz CT molecular complexity index is 738. The number of nitrogens with one attached hydrogen (secondary N) is 2. The van der Waals surface area contributed by atoms with Gasteiger partial charge in [0.05, 0.1) is 30.9 Å². The van der Waals surface area contributed by atoms with Gasteiger partial charge >= 0.3 is 6.03 Å². The van der Waals surface area contributed by atoms with Crippen molar-refractivity contribution < 1.29 is 24.1 Å². The summed E-state index contributed by atoms with van der Waals surface area (Å²) in [5.74, 6) is 0.457. The van der Waals surface area contributed by atoms with E-state index in [2.05, 4.69) is 16.7 Å². The molecule has 0 radical (unpaired) electrons. The Morgan fingerprint density at radius 1 is 1.36 bits per heavy atom. The molecule has 0 saturated heterocycles. The molecule has 0 fully saturated rings. The second kappa shape index (κ2) is 8.78. The third kappa shape index (κ3) is 4.55. The quantitative estimate of drug-likeness (QED) is 0.654. The maximum absolute atomic E-state index is 12.6. The molecular weight excluding hydrogens is 362 g/mol. The summed E-state index contributed by atoms with van der Waals surface area (Å²) in [4.78, 5) is 12.6.